The second kappa shape index (κ2) is 7.53. The van der Waals surface area contributed by atoms with Crippen LogP contribution in [-0.4, -0.2) is 24.7 Å². The van der Waals surface area contributed by atoms with Crippen LogP contribution in [0.2, 0.25) is 0 Å². The van der Waals surface area contributed by atoms with Gasteiger partial charge in [0, 0.05) is 15.8 Å². The fraction of sp³-hybridized carbons (Fsp3) is 0.158. The highest BCUT2D eigenvalue weighted by Gasteiger charge is 2.19. The van der Waals surface area contributed by atoms with Gasteiger partial charge in [0.1, 0.15) is 11.3 Å². The number of benzene rings is 2. The molecule has 134 valence electrons. The SMILES string of the molecule is COc1ccc2oc(C(=O)Nc3ccccc3SCC(N)=O)c(C)c2c1. The van der Waals surface area contributed by atoms with E-state index in [1.807, 2.05) is 25.1 Å². The molecule has 0 saturated carbocycles. The average molecular weight is 370 g/mol. The Balaban J connectivity index is 1.88. The smallest absolute Gasteiger partial charge is 0.291 e. The molecule has 0 atom stereocenters. The summed E-state index contributed by atoms with van der Waals surface area (Å²) in [6.07, 6.45) is 0. The summed E-state index contributed by atoms with van der Waals surface area (Å²) in [5.74, 6) is 0.295. The Morgan fingerprint density at radius 3 is 2.73 bits per heavy atom. The van der Waals surface area contributed by atoms with Crippen molar-refractivity contribution in [1.29, 1.82) is 0 Å². The number of hydrogen-bond donors (Lipinski definition) is 2. The topological polar surface area (TPSA) is 94.6 Å². The number of fused-ring (bicyclic) bond motifs is 1. The zero-order valence-electron chi connectivity index (χ0n) is 14.4. The van der Waals surface area contributed by atoms with Crippen molar-refractivity contribution in [2.24, 2.45) is 5.73 Å². The van der Waals surface area contributed by atoms with Gasteiger partial charge in [0.05, 0.1) is 18.6 Å². The number of nitrogens with one attached hydrogen (secondary N) is 1. The molecule has 3 rings (SSSR count). The number of rotatable bonds is 6. The molecule has 6 nitrogen and oxygen atoms in total. The molecule has 0 aliphatic rings. The van der Waals surface area contributed by atoms with E-state index < -0.39 is 5.91 Å². The van der Waals surface area contributed by atoms with Gasteiger partial charge in [-0.1, -0.05) is 12.1 Å². The summed E-state index contributed by atoms with van der Waals surface area (Å²) >= 11 is 1.27. The third-order valence-electron chi connectivity index (χ3n) is 3.85. The maximum Gasteiger partial charge on any atom is 0.291 e. The number of thioether (sulfide) groups is 1. The van der Waals surface area contributed by atoms with Gasteiger partial charge in [0.2, 0.25) is 5.91 Å². The Kier molecular flexibility index (Phi) is 5.18. The van der Waals surface area contributed by atoms with Gasteiger partial charge in [-0.15, -0.1) is 11.8 Å². The fourth-order valence-corrected chi connectivity index (χ4v) is 3.31. The number of aryl methyl sites for hydroxylation is 1. The first-order valence-electron chi connectivity index (χ1n) is 7.88. The molecule has 2 amide bonds. The van der Waals surface area contributed by atoms with Crippen LogP contribution >= 0.6 is 11.8 Å². The van der Waals surface area contributed by atoms with Crippen molar-refractivity contribution < 1.29 is 18.7 Å². The first kappa shape index (κ1) is 17.9. The van der Waals surface area contributed by atoms with Crippen molar-refractivity contribution in [3.8, 4) is 5.75 Å². The van der Waals surface area contributed by atoms with Crippen LogP contribution in [0.15, 0.2) is 51.8 Å². The van der Waals surface area contributed by atoms with Crippen LogP contribution in [0.1, 0.15) is 16.1 Å². The number of amides is 2. The van der Waals surface area contributed by atoms with Gasteiger partial charge >= 0.3 is 0 Å². The molecule has 3 N–H and O–H groups in total. The number of para-hydroxylation sites is 1. The number of hydrogen-bond acceptors (Lipinski definition) is 5. The number of furan rings is 1. The van der Waals surface area contributed by atoms with Crippen LogP contribution in [0, 0.1) is 6.92 Å². The Bertz CT molecular complexity index is 981. The minimum atomic E-state index is -0.418. The lowest BCUT2D eigenvalue weighted by Gasteiger charge is -2.09. The van der Waals surface area contributed by atoms with Crippen LogP contribution in [-0.2, 0) is 4.79 Å². The van der Waals surface area contributed by atoms with Crippen molar-refractivity contribution in [2.45, 2.75) is 11.8 Å². The molecule has 2 aromatic carbocycles. The molecule has 0 aliphatic heterocycles. The second-order valence-electron chi connectivity index (χ2n) is 5.62. The molecule has 0 radical (unpaired) electrons. The third kappa shape index (κ3) is 3.67. The quantitative estimate of drug-likeness (QED) is 0.647. The van der Waals surface area contributed by atoms with E-state index in [0.717, 1.165) is 15.8 Å². The molecule has 0 saturated heterocycles. The highest BCUT2D eigenvalue weighted by atomic mass is 32.2. The van der Waals surface area contributed by atoms with E-state index in [9.17, 15) is 9.59 Å². The highest BCUT2D eigenvalue weighted by Crippen LogP contribution is 2.31. The Morgan fingerprint density at radius 1 is 1.23 bits per heavy atom. The highest BCUT2D eigenvalue weighted by molar-refractivity contribution is 8.00. The van der Waals surface area contributed by atoms with E-state index in [4.69, 9.17) is 14.9 Å². The minimum Gasteiger partial charge on any atom is -0.497 e. The molecule has 0 aliphatic carbocycles. The summed E-state index contributed by atoms with van der Waals surface area (Å²) in [6.45, 7) is 1.83. The number of carbonyl (C=O) groups is 2. The van der Waals surface area contributed by atoms with E-state index in [1.54, 1.807) is 31.4 Å². The molecule has 0 unspecified atom stereocenters. The molecule has 1 heterocycles. The summed E-state index contributed by atoms with van der Waals surface area (Å²) < 4.78 is 10.9. The predicted molar refractivity (Wildman–Crippen MR) is 102 cm³/mol. The van der Waals surface area contributed by atoms with E-state index >= 15 is 0 Å². The molecule has 26 heavy (non-hydrogen) atoms. The lowest BCUT2D eigenvalue weighted by molar-refractivity contribution is -0.115. The van der Waals surface area contributed by atoms with Crippen LogP contribution < -0.4 is 15.8 Å². The summed E-state index contributed by atoms with van der Waals surface area (Å²) in [5.41, 5.74) is 7.15. The maximum absolute atomic E-state index is 12.7. The van der Waals surface area contributed by atoms with Crippen molar-refractivity contribution in [1.82, 2.24) is 0 Å². The molecule has 0 bridgehead atoms. The van der Waals surface area contributed by atoms with Crippen LogP contribution in [0.3, 0.4) is 0 Å². The summed E-state index contributed by atoms with van der Waals surface area (Å²) in [6, 6.07) is 12.6. The monoisotopic (exact) mass is 370 g/mol. The first-order valence-corrected chi connectivity index (χ1v) is 8.86. The van der Waals surface area contributed by atoms with Crippen LogP contribution in [0.5, 0.6) is 5.75 Å². The molecular weight excluding hydrogens is 352 g/mol. The molecule has 3 aromatic rings. The Hall–Kier alpha value is -2.93. The number of anilines is 1. The predicted octanol–water partition coefficient (Wildman–Crippen LogP) is 3.58. The van der Waals surface area contributed by atoms with Gasteiger partial charge in [0.25, 0.3) is 5.91 Å². The van der Waals surface area contributed by atoms with E-state index in [1.165, 1.54) is 11.8 Å². The first-order chi connectivity index (χ1) is 12.5. The summed E-state index contributed by atoms with van der Waals surface area (Å²) in [4.78, 5) is 24.5. The van der Waals surface area contributed by atoms with Crippen LogP contribution in [0.25, 0.3) is 11.0 Å². The lowest BCUT2D eigenvalue weighted by atomic mass is 10.1. The summed E-state index contributed by atoms with van der Waals surface area (Å²) in [7, 11) is 1.59. The number of primary amides is 1. The van der Waals surface area contributed by atoms with Gasteiger partial charge in [-0.05, 0) is 37.3 Å². The molecular formula is C19H18N2O4S. The van der Waals surface area contributed by atoms with Gasteiger partial charge in [-0.3, -0.25) is 9.59 Å². The van der Waals surface area contributed by atoms with Gasteiger partial charge in [0.15, 0.2) is 5.76 Å². The van der Waals surface area contributed by atoms with Gasteiger partial charge in [-0.25, -0.2) is 0 Å². The number of nitrogens with two attached hydrogens (primary N) is 1. The average Bonchev–Trinajstić information content (AvgIpc) is 2.97. The maximum atomic E-state index is 12.7. The standard InChI is InChI=1S/C19H18N2O4S/c1-11-13-9-12(24-2)7-8-15(13)25-18(11)19(23)21-14-5-3-4-6-16(14)26-10-17(20)22/h3-9H,10H2,1-2H3,(H2,20,22)(H,21,23). The van der Waals surface area contributed by atoms with Crippen molar-refractivity contribution in [2.75, 3.05) is 18.2 Å². The molecule has 0 spiro atoms. The zero-order chi connectivity index (χ0) is 18.7. The Morgan fingerprint density at radius 2 is 2.00 bits per heavy atom. The van der Waals surface area contributed by atoms with E-state index in [0.29, 0.717) is 17.0 Å². The molecule has 1 aromatic heterocycles. The van der Waals surface area contributed by atoms with Crippen molar-refractivity contribution in [3.63, 3.8) is 0 Å². The van der Waals surface area contributed by atoms with E-state index in [-0.39, 0.29) is 17.4 Å². The number of methoxy groups -OCH3 is 1. The Labute approximate surface area is 154 Å². The lowest BCUT2D eigenvalue weighted by Crippen LogP contribution is -2.14. The van der Waals surface area contributed by atoms with E-state index in [2.05, 4.69) is 5.32 Å². The minimum absolute atomic E-state index is 0.135. The third-order valence-corrected chi connectivity index (χ3v) is 4.95. The largest absolute Gasteiger partial charge is 0.497 e. The number of carbonyl (C=O) groups excluding carboxylic acids is 2. The molecule has 0 fully saturated rings. The van der Waals surface area contributed by atoms with Crippen molar-refractivity contribution >= 4 is 40.2 Å². The summed E-state index contributed by atoms with van der Waals surface area (Å²) in [5, 5.41) is 3.67. The number of ether oxygens (including phenoxy) is 1. The fourth-order valence-electron chi connectivity index (χ4n) is 2.57. The van der Waals surface area contributed by atoms with Crippen LogP contribution in [0.4, 0.5) is 5.69 Å². The zero-order valence-corrected chi connectivity index (χ0v) is 15.2. The molecule has 7 heteroatoms. The normalized spacial score (nSPS) is 10.7. The van der Waals surface area contributed by atoms with Crippen molar-refractivity contribution in [3.05, 3.63) is 53.8 Å². The second-order valence-corrected chi connectivity index (χ2v) is 6.64. The van der Waals surface area contributed by atoms with Gasteiger partial charge in [-0.2, -0.15) is 0 Å². The van der Waals surface area contributed by atoms with Gasteiger partial charge < -0.3 is 20.2 Å².